The standard InChI is InChI=1S/C16H20FN3OS/c17-13-6-2-1-4-12(13)10-15-19-20-16(22-15)18-14-7-3-5-11(14)8-9-21/h1-2,4,6,11,14,21H,3,5,7-10H2,(H,18,20). The Labute approximate surface area is 133 Å². The Kier molecular flexibility index (Phi) is 5.00. The minimum atomic E-state index is -0.203. The molecule has 2 aromatic rings. The van der Waals surface area contributed by atoms with E-state index in [-0.39, 0.29) is 12.4 Å². The molecule has 1 aliphatic carbocycles. The molecule has 0 aliphatic heterocycles. The van der Waals surface area contributed by atoms with E-state index in [1.54, 1.807) is 12.1 Å². The molecule has 1 aromatic carbocycles. The molecule has 0 spiro atoms. The molecule has 4 nitrogen and oxygen atoms in total. The van der Waals surface area contributed by atoms with Gasteiger partial charge in [-0.05, 0) is 36.8 Å². The van der Waals surface area contributed by atoms with Crippen LogP contribution >= 0.6 is 11.3 Å². The summed E-state index contributed by atoms with van der Waals surface area (Å²) in [5.41, 5.74) is 0.643. The molecular weight excluding hydrogens is 301 g/mol. The first kappa shape index (κ1) is 15.4. The molecule has 1 fully saturated rings. The number of aliphatic hydroxyl groups is 1. The van der Waals surface area contributed by atoms with Gasteiger partial charge in [-0.15, -0.1) is 10.2 Å². The van der Waals surface area contributed by atoms with Gasteiger partial charge in [-0.25, -0.2) is 4.39 Å². The van der Waals surface area contributed by atoms with Crippen molar-refractivity contribution in [1.82, 2.24) is 10.2 Å². The number of rotatable bonds is 6. The summed E-state index contributed by atoms with van der Waals surface area (Å²) in [4.78, 5) is 0. The van der Waals surface area contributed by atoms with Gasteiger partial charge in [-0.2, -0.15) is 0 Å². The van der Waals surface area contributed by atoms with E-state index < -0.39 is 0 Å². The molecule has 2 unspecified atom stereocenters. The van der Waals surface area contributed by atoms with Gasteiger partial charge in [0.25, 0.3) is 0 Å². The third kappa shape index (κ3) is 3.62. The maximum absolute atomic E-state index is 13.7. The Balaban J connectivity index is 1.63. The number of aliphatic hydroxyl groups excluding tert-OH is 1. The summed E-state index contributed by atoms with van der Waals surface area (Å²) in [6.45, 7) is 0.234. The van der Waals surface area contributed by atoms with Crippen LogP contribution < -0.4 is 5.32 Å². The van der Waals surface area contributed by atoms with Crippen molar-refractivity contribution >= 4 is 16.5 Å². The number of benzene rings is 1. The van der Waals surface area contributed by atoms with Crippen molar-refractivity contribution in [1.29, 1.82) is 0 Å². The average molecular weight is 321 g/mol. The summed E-state index contributed by atoms with van der Waals surface area (Å²) in [7, 11) is 0. The number of nitrogens with one attached hydrogen (secondary N) is 1. The molecule has 118 valence electrons. The second-order valence-electron chi connectivity index (χ2n) is 5.72. The van der Waals surface area contributed by atoms with E-state index in [2.05, 4.69) is 15.5 Å². The van der Waals surface area contributed by atoms with Crippen LogP contribution in [0.2, 0.25) is 0 Å². The first-order valence-electron chi connectivity index (χ1n) is 7.69. The smallest absolute Gasteiger partial charge is 0.205 e. The van der Waals surface area contributed by atoms with Crippen molar-refractivity contribution in [2.75, 3.05) is 11.9 Å². The van der Waals surface area contributed by atoms with E-state index in [0.717, 1.165) is 29.4 Å². The molecule has 6 heteroatoms. The summed E-state index contributed by atoms with van der Waals surface area (Å²) in [6.07, 6.45) is 4.74. The number of nitrogens with zero attached hydrogens (tertiary/aromatic N) is 2. The van der Waals surface area contributed by atoms with Crippen molar-refractivity contribution in [3.8, 4) is 0 Å². The first-order valence-corrected chi connectivity index (χ1v) is 8.51. The SMILES string of the molecule is OCCC1CCCC1Nc1nnc(Cc2ccccc2F)s1. The summed E-state index contributed by atoms with van der Waals surface area (Å²) < 4.78 is 13.7. The lowest BCUT2D eigenvalue weighted by Gasteiger charge is -2.19. The van der Waals surface area contributed by atoms with Crippen molar-refractivity contribution in [3.63, 3.8) is 0 Å². The molecule has 3 rings (SSSR count). The second-order valence-corrected chi connectivity index (χ2v) is 6.79. The Morgan fingerprint density at radius 2 is 2.14 bits per heavy atom. The number of aromatic nitrogens is 2. The molecule has 0 bridgehead atoms. The highest BCUT2D eigenvalue weighted by atomic mass is 32.1. The van der Waals surface area contributed by atoms with E-state index in [1.807, 2.05) is 6.07 Å². The van der Waals surface area contributed by atoms with Gasteiger partial charge in [0.2, 0.25) is 5.13 Å². The van der Waals surface area contributed by atoms with Crippen LogP contribution in [0.25, 0.3) is 0 Å². The maximum atomic E-state index is 13.7. The predicted molar refractivity (Wildman–Crippen MR) is 85.6 cm³/mol. The van der Waals surface area contributed by atoms with E-state index in [9.17, 15) is 4.39 Å². The maximum Gasteiger partial charge on any atom is 0.205 e. The number of hydrogen-bond donors (Lipinski definition) is 2. The molecule has 1 saturated carbocycles. The lowest BCUT2D eigenvalue weighted by molar-refractivity contribution is 0.254. The number of halogens is 1. The van der Waals surface area contributed by atoms with E-state index in [4.69, 9.17) is 5.11 Å². The largest absolute Gasteiger partial charge is 0.396 e. The topological polar surface area (TPSA) is 58.0 Å². The van der Waals surface area contributed by atoms with E-state index >= 15 is 0 Å². The molecule has 1 aliphatic rings. The van der Waals surface area contributed by atoms with Gasteiger partial charge in [0.1, 0.15) is 10.8 Å². The van der Waals surface area contributed by atoms with Crippen LogP contribution in [0.4, 0.5) is 9.52 Å². The van der Waals surface area contributed by atoms with Gasteiger partial charge in [-0.3, -0.25) is 0 Å². The van der Waals surface area contributed by atoms with E-state index in [1.165, 1.54) is 23.8 Å². The molecule has 2 N–H and O–H groups in total. The van der Waals surface area contributed by atoms with Crippen LogP contribution in [-0.2, 0) is 6.42 Å². The zero-order chi connectivity index (χ0) is 15.4. The number of anilines is 1. The van der Waals surface area contributed by atoms with Gasteiger partial charge < -0.3 is 10.4 Å². The predicted octanol–water partition coefficient (Wildman–Crippen LogP) is 3.23. The minimum absolute atomic E-state index is 0.203. The van der Waals surface area contributed by atoms with Crippen molar-refractivity contribution in [2.45, 2.75) is 38.1 Å². The molecule has 22 heavy (non-hydrogen) atoms. The van der Waals surface area contributed by atoms with Crippen LogP contribution in [0.15, 0.2) is 24.3 Å². The molecule has 2 atom stereocenters. The normalized spacial score (nSPS) is 21.2. The highest BCUT2D eigenvalue weighted by Crippen LogP contribution is 2.31. The van der Waals surface area contributed by atoms with Crippen molar-refractivity contribution in [3.05, 3.63) is 40.7 Å². The fraction of sp³-hybridized carbons (Fsp3) is 0.500. The first-order chi connectivity index (χ1) is 10.8. The van der Waals surface area contributed by atoms with E-state index in [0.29, 0.717) is 23.9 Å². The van der Waals surface area contributed by atoms with Crippen LogP contribution in [0.5, 0.6) is 0 Å². The quantitative estimate of drug-likeness (QED) is 0.857. The Morgan fingerprint density at radius 3 is 2.95 bits per heavy atom. The molecular formula is C16H20FN3OS. The fourth-order valence-corrected chi connectivity index (χ4v) is 3.91. The summed E-state index contributed by atoms with van der Waals surface area (Å²) in [5.74, 6) is 0.301. The average Bonchev–Trinajstić information content (AvgIpc) is 3.13. The van der Waals surface area contributed by atoms with Gasteiger partial charge in [0.15, 0.2) is 0 Å². The Hall–Kier alpha value is -1.53. The van der Waals surface area contributed by atoms with Crippen LogP contribution in [0, 0.1) is 11.7 Å². The highest BCUT2D eigenvalue weighted by molar-refractivity contribution is 7.15. The lowest BCUT2D eigenvalue weighted by atomic mass is 10.0. The van der Waals surface area contributed by atoms with Crippen molar-refractivity contribution in [2.24, 2.45) is 5.92 Å². The Morgan fingerprint density at radius 1 is 1.27 bits per heavy atom. The van der Waals surface area contributed by atoms with Gasteiger partial charge >= 0.3 is 0 Å². The molecule has 0 radical (unpaired) electrons. The monoisotopic (exact) mass is 321 g/mol. The van der Waals surface area contributed by atoms with Crippen LogP contribution in [-0.4, -0.2) is 28.0 Å². The van der Waals surface area contributed by atoms with Crippen molar-refractivity contribution < 1.29 is 9.50 Å². The third-order valence-electron chi connectivity index (χ3n) is 4.23. The summed E-state index contributed by atoms with van der Waals surface area (Å²) in [6, 6.07) is 7.12. The lowest BCUT2D eigenvalue weighted by Crippen LogP contribution is -2.24. The zero-order valence-corrected chi connectivity index (χ0v) is 13.2. The molecule has 1 aromatic heterocycles. The number of hydrogen-bond acceptors (Lipinski definition) is 5. The summed E-state index contributed by atoms with van der Waals surface area (Å²) >= 11 is 1.48. The summed E-state index contributed by atoms with van der Waals surface area (Å²) in [5, 5.41) is 22.5. The second kappa shape index (κ2) is 7.15. The third-order valence-corrected chi connectivity index (χ3v) is 5.09. The highest BCUT2D eigenvalue weighted by Gasteiger charge is 2.27. The Bertz CT molecular complexity index is 619. The van der Waals surface area contributed by atoms with Gasteiger partial charge in [0, 0.05) is 19.1 Å². The van der Waals surface area contributed by atoms with Crippen LogP contribution in [0.3, 0.4) is 0 Å². The zero-order valence-electron chi connectivity index (χ0n) is 12.3. The van der Waals surface area contributed by atoms with Gasteiger partial charge in [-0.1, -0.05) is 36.0 Å². The minimum Gasteiger partial charge on any atom is -0.396 e. The fourth-order valence-electron chi connectivity index (χ4n) is 3.08. The molecule has 0 saturated heterocycles. The van der Waals surface area contributed by atoms with Crippen LogP contribution in [0.1, 0.15) is 36.3 Å². The molecule has 1 heterocycles. The molecule has 0 amide bonds. The van der Waals surface area contributed by atoms with Gasteiger partial charge in [0.05, 0.1) is 0 Å².